The van der Waals surface area contributed by atoms with Crippen molar-refractivity contribution in [3.8, 4) is 0 Å². The van der Waals surface area contributed by atoms with Crippen molar-refractivity contribution in [2.24, 2.45) is 0 Å². The number of hydrogen-bond donors (Lipinski definition) is 0. The molecule has 0 aromatic carbocycles. The van der Waals surface area contributed by atoms with Gasteiger partial charge in [-0.3, -0.25) is 4.79 Å². The van der Waals surface area contributed by atoms with E-state index in [1.807, 2.05) is 0 Å². The van der Waals surface area contributed by atoms with Gasteiger partial charge in [0.25, 0.3) is 0 Å². The van der Waals surface area contributed by atoms with E-state index in [4.69, 9.17) is 37.4 Å². The third kappa shape index (κ3) is 3.48. The molecule has 1 fully saturated rings. The van der Waals surface area contributed by atoms with Crippen LogP contribution in [-0.4, -0.2) is 42.8 Å². The molecule has 1 rings (SSSR count). The number of esters is 1. The molecular weight excluding hydrogens is 243 g/mol. The predicted octanol–water partition coefficient (Wildman–Crippen LogP) is 1.53. The van der Waals surface area contributed by atoms with Gasteiger partial charge in [-0.15, -0.1) is 23.2 Å². The summed E-state index contributed by atoms with van der Waals surface area (Å²) in [7, 11) is 1.49. The third-order valence-corrected chi connectivity index (χ3v) is 2.94. The Morgan fingerprint density at radius 3 is 2.73 bits per heavy atom. The van der Waals surface area contributed by atoms with Gasteiger partial charge in [0, 0.05) is 20.5 Å². The normalized spacial score (nSPS) is 36.3. The number of rotatable bonds is 3. The highest BCUT2D eigenvalue weighted by Crippen LogP contribution is 2.27. The van der Waals surface area contributed by atoms with E-state index >= 15 is 0 Å². The first kappa shape index (κ1) is 13.0. The second-order valence-corrected chi connectivity index (χ2v) is 4.20. The Bertz CT molecular complexity index is 224. The molecule has 4 nitrogen and oxygen atoms in total. The van der Waals surface area contributed by atoms with Gasteiger partial charge in [0.2, 0.25) is 0 Å². The maximum absolute atomic E-state index is 10.8. The van der Waals surface area contributed by atoms with Crippen LogP contribution in [0.3, 0.4) is 0 Å². The molecule has 0 bridgehead atoms. The van der Waals surface area contributed by atoms with Crippen LogP contribution in [0, 0.1) is 0 Å². The van der Waals surface area contributed by atoms with Gasteiger partial charge in [0.05, 0.1) is 17.4 Å². The van der Waals surface area contributed by atoms with Gasteiger partial charge in [0.15, 0.2) is 12.4 Å². The van der Waals surface area contributed by atoms with Crippen molar-refractivity contribution >= 4 is 29.2 Å². The lowest BCUT2D eigenvalue weighted by Crippen LogP contribution is -2.48. The van der Waals surface area contributed by atoms with Gasteiger partial charge < -0.3 is 14.2 Å². The van der Waals surface area contributed by atoms with Crippen LogP contribution in [0.5, 0.6) is 0 Å². The van der Waals surface area contributed by atoms with E-state index in [2.05, 4.69) is 0 Å². The molecule has 0 aromatic heterocycles. The average molecular weight is 257 g/mol. The van der Waals surface area contributed by atoms with Crippen molar-refractivity contribution in [1.82, 2.24) is 0 Å². The maximum atomic E-state index is 10.8. The minimum Gasteiger partial charge on any atom is -0.457 e. The topological polar surface area (TPSA) is 44.8 Å². The molecule has 0 amide bonds. The molecule has 6 heteroatoms. The molecule has 1 aliphatic heterocycles. The standard InChI is InChI=1S/C9H14Cl2O4/c1-5(12)14-7-3-6(11)8(4-10)15-9(7)13-2/h6-9H,3-4H2,1-2H3/t6-,7+,8+,9+/m1/s1. The molecule has 0 N–H and O–H groups in total. The van der Waals surface area contributed by atoms with Crippen molar-refractivity contribution in [3.63, 3.8) is 0 Å². The number of alkyl halides is 2. The number of methoxy groups -OCH3 is 1. The molecule has 0 saturated carbocycles. The van der Waals surface area contributed by atoms with E-state index in [1.54, 1.807) is 0 Å². The van der Waals surface area contributed by atoms with Crippen molar-refractivity contribution < 1.29 is 19.0 Å². The zero-order chi connectivity index (χ0) is 11.4. The van der Waals surface area contributed by atoms with E-state index in [-0.39, 0.29) is 17.5 Å². The lowest BCUT2D eigenvalue weighted by Gasteiger charge is -2.36. The SMILES string of the molecule is CO[C@H]1O[C@@H](CCl)[C@H](Cl)C[C@@H]1OC(C)=O. The molecular formula is C9H14Cl2O4. The highest BCUT2D eigenvalue weighted by molar-refractivity contribution is 6.23. The van der Waals surface area contributed by atoms with E-state index in [0.717, 1.165) is 0 Å². The molecule has 4 atom stereocenters. The quantitative estimate of drug-likeness (QED) is 0.568. The molecule has 1 heterocycles. The summed E-state index contributed by atoms with van der Waals surface area (Å²) in [6.07, 6.45) is -0.843. The summed E-state index contributed by atoms with van der Waals surface area (Å²) in [5.41, 5.74) is 0. The lowest BCUT2D eigenvalue weighted by atomic mass is 10.1. The molecule has 0 aromatic rings. The van der Waals surface area contributed by atoms with Crippen molar-refractivity contribution in [3.05, 3.63) is 0 Å². The van der Waals surface area contributed by atoms with E-state index < -0.39 is 12.4 Å². The predicted molar refractivity (Wildman–Crippen MR) is 56.2 cm³/mol. The summed E-state index contributed by atoms with van der Waals surface area (Å²) in [5, 5.41) is -0.266. The Balaban J connectivity index is 2.60. The Morgan fingerprint density at radius 1 is 1.60 bits per heavy atom. The van der Waals surface area contributed by atoms with Crippen LogP contribution in [0.2, 0.25) is 0 Å². The summed E-state index contributed by atoms with van der Waals surface area (Å²) < 4.78 is 15.6. The first-order valence-corrected chi connectivity index (χ1v) is 5.61. The van der Waals surface area contributed by atoms with Gasteiger partial charge >= 0.3 is 5.97 Å². The molecule has 0 aliphatic carbocycles. The van der Waals surface area contributed by atoms with Gasteiger partial charge in [0.1, 0.15) is 0 Å². The fourth-order valence-electron chi connectivity index (χ4n) is 1.49. The highest BCUT2D eigenvalue weighted by Gasteiger charge is 2.38. The smallest absolute Gasteiger partial charge is 0.303 e. The minimum absolute atomic E-state index is 0.266. The van der Waals surface area contributed by atoms with Crippen LogP contribution in [0.25, 0.3) is 0 Å². The molecule has 0 unspecified atom stereocenters. The second-order valence-electron chi connectivity index (χ2n) is 3.33. The Hall–Kier alpha value is -0.0300. The molecule has 88 valence electrons. The van der Waals surface area contributed by atoms with Crippen molar-refractivity contribution in [2.45, 2.75) is 37.2 Å². The van der Waals surface area contributed by atoms with Gasteiger partial charge in [-0.2, -0.15) is 0 Å². The van der Waals surface area contributed by atoms with Crippen LogP contribution < -0.4 is 0 Å². The largest absolute Gasteiger partial charge is 0.457 e. The van der Waals surface area contributed by atoms with Crippen molar-refractivity contribution in [1.29, 1.82) is 0 Å². The molecule has 0 radical (unpaired) electrons. The van der Waals surface area contributed by atoms with E-state index in [0.29, 0.717) is 12.3 Å². The monoisotopic (exact) mass is 256 g/mol. The first-order chi connectivity index (χ1) is 7.08. The summed E-state index contributed by atoms with van der Waals surface area (Å²) in [6, 6.07) is 0. The Labute approximate surface area is 98.8 Å². The average Bonchev–Trinajstić information content (AvgIpc) is 2.17. The van der Waals surface area contributed by atoms with E-state index in [1.165, 1.54) is 14.0 Å². The summed E-state index contributed by atoms with van der Waals surface area (Å²) in [4.78, 5) is 10.8. The zero-order valence-electron chi connectivity index (χ0n) is 8.61. The lowest BCUT2D eigenvalue weighted by molar-refractivity contribution is -0.232. The van der Waals surface area contributed by atoms with Crippen LogP contribution in [0.1, 0.15) is 13.3 Å². The maximum Gasteiger partial charge on any atom is 0.303 e. The highest BCUT2D eigenvalue weighted by atomic mass is 35.5. The number of carbonyl (C=O) groups is 1. The summed E-state index contributed by atoms with van der Waals surface area (Å²) in [5.74, 6) is -0.0836. The molecule has 0 spiro atoms. The van der Waals surface area contributed by atoms with Gasteiger partial charge in [-0.1, -0.05) is 0 Å². The second kappa shape index (κ2) is 5.89. The van der Waals surface area contributed by atoms with Crippen molar-refractivity contribution in [2.75, 3.05) is 13.0 Å². The first-order valence-electron chi connectivity index (χ1n) is 4.64. The molecule has 1 aliphatic rings. The molecule has 1 saturated heterocycles. The minimum atomic E-state index is -0.590. The number of halogens is 2. The van der Waals surface area contributed by atoms with Crippen LogP contribution in [0.15, 0.2) is 0 Å². The van der Waals surface area contributed by atoms with Crippen LogP contribution in [0.4, 0.5) is 0 Å². The molecule has 15 heavy (non-hydrogen) atoms. The number of carbonyl (C=O) groups excluding carboxylic acids is 1. The fourth-order valence-corrected chi connectivity index (χ4v) is 2.19. The van der Waals surface area contributed by atoms with Crippen LogP contribution in [-0.2, 0) is 19.0 Å². The Kier molecular flexibility index (Phi) is 5.12. The third-order valence-electron chi connectivity index (χ3n) is 2.18. The number of hydrogen-bond acceptors (Lipinski definition) is 4. The fraction of sp³-hybridized carbons (Fsp3) is 0.889. The zero-order valence-corrected chi connectivity index (χ0v) is 10.1. The van der Waals surface area contributed by atoms with Crippen LogP contribution >= 0.6 is 23.2 Å². The van der Waals surface area contributed by atoms with E-state index in [9.17, 15) is 4.79 Å². The van der Waals surface area contributed by atoms with Gasteiger partial charge in [-0.25, -0.2) is 0 Å². The summed E-state index contributed by atoms with van der Waals surface area (Å²) >= 11 is 11.7. The Morgan fingerprint density at radius 2 is 2.27 bits per heavy atom. The summed E-state index contributed by atoms with van der Waals surface area (Å²) in [6.45, 7) is 1.34. The van der Waals surface area contributed by atoms with Gasteiger partial charge in [-0.05, 0) is 0 Å². The number of ether oxygens (including phenoxy) is 3.